The quantitative estimate of drug-likeness (QED) is 0.781. The van der Waals surface area contributed by atoms with E-state index in [4.69, 9.17) is 10.7 Å². The van der Waals surface area contributed by atoms with Gasteiger partial charge in [0.25, 0.3) is 0 Å². The van der Waals surface area contributed by atoms with E-state index in [1.54, 1.807) is 0 Å². The largest absolute Gasteiger partial charge is 0.330 e. The summed E-state index contributed by atoms with van der Waals surface area (Å²) in [5, 5.41) is 0. The Morgan fingerprint density at radius 3 is 2.67 bits per heavy atom. The molecular weight excluding hydrogens is 260 g/mol. The van der Waals surface area contributed by atoms with Crippen molar-refractivity contribution in [2.75, 3.05) is 6.54 Å². The standard InChI is InChI=1S/C17H20N4/c1-2-11-21-16-8-10-19-12-15(16)20-17(21)14-5-3-13(4-6-14)7-9-18/h3-6,8,10,12H,2,7,9,11,18H2,1H3. The molecule has 3 aromatic rings. The zero-order valence-electron chi connectivity index (χ0n) is 12.3. The van der Waals surface area contributed by atoms with E-state index in [0.29, 0.717) is 6.54 Å². The zero-order chi connectivity index (χ0) is 14.7. The number of benzene rings is 1. The molecule has 0 amide bonds. The van der Waals surface area contributed by atoms with Gasteiger partial charge in [-0.3, -0.25) is 4.98 Å². The number of hydrogen-bond acceptors (Lipinski definition) is 3. The van der Waals surface area contributed by atoms with Crippen LogP contribution in [0.25, 0.3) is 22.4 Å². The maximum Gasteiger partial charge on any atom is 0.141 e. The third kappa shape index (κ3) is 2.67. The van der Waals surface area contributed by atoms with Crippen LogP contribution < -0.4 is 5.73 Å². The van der Waals surface area contributed by atoms with E-state index in [2.05, 4.69) is 40.7 Å². The number of hydrogen-bond donors (Lipinski definition) is 1. The van der Waals surface area contributed by atoms with Gasteiger partial charge in [-0.25, -0.2) is 4.98 Å². The molecule has 0 saturated carbocycles. The minimum atomic E-state index is 0.680. The van der Waals surface area contributed by atoms with Gasteiger partial charge in [0, 0.05) is 18.3 Å². The summed E-state index contributed by atoms with van der Waals surface area (Å²) >= 11 is 0. The molecule has 2 heterocycles. The van der Waals surface area contributed by atoms with E-state index >= 15 is 0 Å². The fourth-order valence-corrected chi connectivity index (χ4v) is 2.64. The van der Waals surface area contributed by atoms with Crippen molar-refractivity contribution in [3.63, 3.8) is 0 Å². The lowest BCUT2D eigenvalue weighted by Gasteiger charge is -2.08. The molecule has 0 bridgehead atoms. The number of nitrogens with two attached hydrogens (primary N) is 1. The van der Waals surface area contributed by atoms with Gasteiger partial charge in [0.1, 0.15) is 11.3 Å². The lowest BCUT2D eigenvalue weighted by molar-refractivity contribution is 0.704. The summed E-state index contributed by atoms with van der Waals surface area (Å²) in [5.41, 5.74) is 10.1. The molecule has 0 spiro atoms. The molecule has 0 aliphatic carbocycles. The first kappa shape index (κ1) is 13.8. The smallest absolute Gasteiger partial charge is 0.141 e. The second kappa shape index (κ2) is 6.06. The lowest BCUT2D eigenvalue weighted by Crippen LogP contribution is -2.03. The molecule has 0 atom stereocenters. The van der Waals surface area contributed by atoms with Crippen LogP contribution in [0.15, 0.2) is 42.7 Å². The predicted octanol–water partition coefficient (Wildman–Crippen LogP) is 3.01. The predicted molar refractivity (Wildman–Crippen MR) is 86.0 cm³/mol. The highest BCUT2D eigenvalue weighted by atomic mass is 15.1. The van der Waals surface area contributed by atoms with Crippen LogP contribution in [-0.2, 0) is 13.0 Å². The van der Waals surface area contributed by atoms with E-state index in [0.717, 1.165) is 41.8 Å². The molecule has 1 aromatic carbocycles. The zero-order valence-corrected chi connectivity index (χ0v) is 12.3. The summed E-state index contributed by atoms with van der Waals surface area (Å²) in [5.74, 6) is 1.01. The molecule has 0 fully saturated rings. The summed E-state index contributed by atoms with van der Waals surface area (Å²) in [4.78, 5) is 8.92. The summed E-state index contributed by atoms with van der Waals surface area (Å²) in [6.07, 6.45) is 5.64. The lowest BCUT2D eigenvalue weighted by atomic mass is 10.1. The van der Waals surface area contributed by atoms with Crippen molar-refractivity contribution in [2.24, 2.45) is 5.73 Å². The fraction of sp³-hybridized carbons (Fsp3) is 0.294. The molecule has 2 N–H and O–H groups in total. The van der Waals surface area contributed by atoms with E-state index in [1.165, 1.54) is 5.56 Å². The maximum atomic E-state index is 5.60. The molecule has 0 unspecified atom stereocenters. The molecule has 2 aromatic heterocycles. The molecule has 0 aliphatic heterocycles. The van der Waals surface area contributed by atoms with Gasteiger partial charge in [0.2, 0.25) is 0 Å². The first-order valence-corrected chi connectivity index (χ1v) is 7.43. The highest BCUT2D eigenvalue weighted by Crippen LogP contribution is 2.25. The first-order chi connectivity index (χ1) is 10.3. The maximum absolute atomic E-state index is 5.60. The van der Waals surface area contributed by atoms with Crippen molar-refractivity contribution >= 4 is 11.0 Å². The normalized spacial score (nSPS) is 11.1. The summed E-state index contributed by atoms with van der Waals surface area (Å²) < 4.78 is 2.27. The molecule has 0 saturated heterocycles. The van der Waals surface area contributed by atoms with Gasteiger partial charge >= 0.3 is 0 Å². The first-order valence-electron chi connectivity index (χ1n) is 7.43. The van der Waals surface area contributed by atoms with Crippen LogP contribution in [0.2, 0.25) is 0 Å². The van der Waals surface area contributed by atoms with Gasteiger partial charge in [0.05, 0.1) is 11.7 Å². The van der Waals surface area contributed by atoms with E-state index in [1.807, 2.05) is 18.5 Å². The molecule has 21 heavy (non-hydrogen) atoms. The summed E-state index contributed by atoms with van der Waals surface area (Å²) in [6, 6.07) is 10.6. The molecule has 3 rings (SSSR count). The number of nitrogens with zero attached hydrogens (tertiary/aromatic N) is 3. The average molecular weight is 280 g/mol. The Balaban J connectivity index is 2.08. The van der Waals surface area contributed by atoms with Crippen LogP contribution in [0.5, 0.6) is 0 Å². The third-order valence-corrected chi connectivity index (χ3v) is 3.64. The third-order valence-electron chi connectivity index (χ3n) is 3.64. The van der Waals surface area contributed by atoms with Gasteiger partial charge in [-0.05, 0) is 31.0 Å². The highest BCUT2D eigenvalue weighted by molar-refractivity contribution is 5.79. The second-order valence-corrected chi connectivity index (χ2v) is 5.19. The minimum Gasteiger partial charge on any atom is -0.330 e. The van der Waals surface area contributed by atoms with E-state index < -0.39 is 0 Å². The number of rotatable bonds is 5. The van der Waals surface area contributed by atoms with Gasteiger partial charge in [-0.15, -0.1) is 0 Å². The van der Waals surface area contributed by atoms with Gasteiger partial charge < -0.3 is 10.3 Å². The van der Waals surface area contributed by atoms with Crippen LogP contribution in [0.3, 0.4) is 0 Å². The van der Waals surface area contributed by atoms with Crippen LogP contribution in [0, 0.1) is 0 Å². The van der Waals surface area contributed by atoms with Crippen molar-refractivity contribution in [1.82, 2.24) is 14.5 Å². The molecule has 4 heteroatoms. The van der Waals surface area contributed by atoms with Crippen molar-refractivity contribution in [3.05, 3.63) is 48.3 Å². The van der Waals surface area contributed by atoms with Gasteiger partial charge in [0.15, 0.2) is 0 Å². The number of aromatic nitrogens is 3. The summed E-state index contributed by atoms with van der Waals surface area (Å²) in [7, 11) is 0. The van der Waals surface area contributed by atoms with Crippen molar-refractivity contribution in [3.8, 4) is 11.4 Å². The van der Waals surface area contributed by atoms with E-state index in [9.17, 15) is 0 Å². The van der Waals surface area contributed by atoms with Gasteiger partial charge in [-0.2, -0.15) is 0 Å². The number of pyridine rings is 1. The number of imidazole rings is 1. The van der Waals surface area contributed by atoms with Crippen molar-refractivity contribution in [2.45, 2.75) is 26.3 Å². The molecule has 4 nitrogen and oxygen atoms in total. The topological polar surface area (TPSA) is 56.7 Å². The average Bonchev–Trinajstić information content (AvgIpc) is 2.88. The Bertz CT molecular complexity index is 728. The number of aryl methyl sites for hydroxylation is 1. The fourth-order valence-electron chi connectivity index (χ4n) is 2.64. The Morgan fingerprint density at radius 1 is 1.14 bits per heavy atom. The SMILES string of the molecule is CCCn1c(-c2ccc(CCN)cc2)nc2cnccc21. The molecule has 0 radical (unpaired) electrons. The number of fused-ring (bicyclic) bond motifs is 1. The van der Waals surface area contributed by atoms with E-state index in [-0.39, 0.29) is 0 Å². The Labute approximate surface area is 124 Å². The minimum absolute atomic E-state index is 0.680. The monoisotopic (exact) mass is 280 g/mol. The van der Waals surface area contributed by atoms with Crippen molar-refractivity contribution < 1.29 is 0 Å². The van der Waals surface area contributed by atoms with Gasteiger partial charge in [-0.1, -0.05) is 31.2 Å². The van der Waals surface area contributed by atoms with Crippen LogP contribution in [-0.4, -0.2) is 21.1 Å². The highest BCUT2D eigenvalue weighted by Gasteiger charge is 2.11. The Morgan fingerprint density at radius 2 is 1.95 bits per heavy atom. The summed E-state index contributed by atoms with van der Waals surface area (Å²) in [6.45, 7) is 3.82. The molecule has 108 valence electrons. The van der Waals surface area contributed by atoms with Crippen molar-refractivity contribution in [1.29, 1.82) is 0 Å². The molecular formula is C17H20N4. The Kier molecular flexibility index (Phi) is 3.97. The van der Waals surface area contributed by atoms with Crippen LogP contribution in [0.1, 0.15) is 18.9 Å². The molecule has 0 aliphatic rings. The van der Waals surface area contributed by atoms with Crippen LogP contribution >= 0.6 is 0 Å². The second-order valence-electron chi connectivity index (χ2n) is 5.19. The van der Waals surface area contributed by atoms with Crippen LogP contribution in [0.4, 0.5) is 0 Å². The Hall–Kier alpha value is -2.20.